The molecule has 12 nitrogen and oxygen atoms in total. The number of aliphatic hydroxyl groups excluding tert-OH is 1. The Morgan fingerprint density at radius 2 is 1.88 bits per heavy atom. The minimum Gasteiger partial charge on any atom is -0.488 e. The molecule has 0 spiro atoms. The van der Waals surface area contributed by atoms with Gasteiger partial charge in [0.25, 0.3) is 5.91 Å². The number of nitrogens with one attached hydrogen (secondary N) is 2. The molecule has 1 aliphatic heterocycles. The summed E-state index contributed by atoms with van der Waals surface area (Å²) in [6.45, 7) is 8.44. The number of carbonyl (C=O) groups is 3. The topological polar surface area (TPSA) is 157 Å². The highest BCUT2D eigenvalue weighted by molar-refractivity contribution is 6.03. The lowest BCUT2D eigenvalue weighted by Crippen LogP contribution is -2.49. The fourth-order valence-electron chi connectivity index (χ4n) is 4.89. The van der Waals surface area contributed by atoms with Crippen molar-refractivity contribution in [1.29, 1.82) is 0 Å². The minimum absolute atomic E-state index is 0.0773. The summed E-state index contributed by atoms with van der Waals surface area (Å²) in [5.74, 6) is -0.505. The monoisotopic (exact) mass is 579 g/mol. The molecule has 0 saturated carbocycles. The highest BCUT2D eigenvalue weighted by Gasteiger charge is 2.33. The number of aromatic carboxylic acids is 1. The van der Waals surface area contributed by atoms with E-state index in [0.29, 0.717) is 48.2 Å². The molecule has 0 fully saturated rings. The third-order valence-electron chi connectivity index (χ3n) is 7.34. The van der Waals surface area contributed by atoms with E-state index in [1.807, 2.05) is 14.0 Å². The van der Waals surface area contributed by atoms with E-state index in [1.54, 1.807) is 68.1 Å². The zero-order valence-corrected chi connectivity index (χ0v) is 24.4. The molecular weight excluding hydrogens is 542 g/mol. The Bertz CT molecular complexity index is 1420. The zero-order chi connectivity index (χ0) is 30.6. The number of rotatable bonds is 9. The maximum Gasteiger partial charge on any atom is 0.335 e. The standard InChI is InChI=1S/C30H37N5O7/c1-17-13-35(18(2)16-36)28(37)24-12-23(31-30(40)32-27-19(3)33-42-20(27)4)10-11-25(24)41-26(17)15-34(5)14-21-6-8-22(9-7-21)29(38)39/h6-12,17-18,26,36H,13-16H2,1-5H3,(H,38,39)(H2,31,32,40)/t17-,18-,26+/m1/s1. The van der Waals surface area contributed by atoms with Gasteiger partial charge in [0.05, 0.1) is 23.8 Å². The number of aryl methyl sites for hydroxylation is 2. The van der Waals surface area contributed by atoms with Crippen molar-refractivity contribution in [3.8, 4) is 5.75 Å². The first-order chi connectivity index (χ1) is 20.0. The van der Waals surface area contributed by atoms with E-state index in [-0.39, 0.29) is 35.7 Å². The number of carboxylic acids is 1. The number of carboxylic acid groups (broad SMARTS) is 1. The van der Waals surface area contributed by atoms with Crippen LogP contribution in [-0.4, -0.2) is 82.0 Å². The first kappa shape index (κ1) is 30.5. The molecule has 3 atom stereocenters. The van der Waals surface area contributed by atoms with Crippen molar-refractivity contribution < 1.29 is 33.9 Å². The maximum absolute atomic E-state index is 13.7. The van der Waals surface area contributed by atoms with Crippen LogP contribution in [0.3, 0.4) is 0 Å². The van der Waals surface area contributed by atoms with E-state index >= 15 is 0 Å². The summed E-state index contributed by atoms with van der Waals surface area (Å²) in [4.78, 5) is 41.3. The van der Waals surface area contributed by atoms with E-state index in [9.17, 15) is 19.5 Å². The molecule has 4 N–H and O–H groups in total. The smallest absolute Gasteiger partial charge is 0.335 e. The molecule has 12 heteroatoms. The van der Waals surface area contributed by atoms with Crippen LogP contribution in [0, 0.1) is 19.8 Å². The average molecular weight is 580 g/mol. The van der Waals surface area contributed by atoms with Crippen molar-refractivity contribution in [3.05, 3.63) is 70.6 Å². The van der Waals surface area contributed by atoms with Gasteiger partial charge in [-0.3, -0.25) is 9.69 Å². The number of aliphatic hydroxyl groups is 1. The van der Waals surface area contributed by atoms with Gasteiger partial charge in [-0.05, 0) is 63.7 Å². The molecule has 4 rings (SSSR count). The van der Waals surface area contributed by atoms with Gasteiger partial charge in [0, 0.05) is 31.2 Å². The Morgan fingerprint density at radius 3 is 2.50 bits per heavy atom. The second kappa shape index (κ2) is 13.0. The van der Waals surface area contributed by atoms with E-state index in [0.717, 1.165) is 5.56 Å². The van der Waals surface area contributed by atoms with Crippen molar-refractivity contribution in [2.24, 2.45) is 5.92 Å². The first-order valence-corrected chi connectivity index (χ1v) is 13.7. The SMILES string of the molecule is Cc1noc(C)c1NC(=O)Nc1ccc2c(c1)C(=O)N([C@H](C)CO)C[C@@H](C)[C@H](CN(C)Cc1ccc(C(=O)O)cc1)O2. The van der Waals surface area contributed by atoms with Crippen LogP contribution < -0.4 is 15.4 Å². The molecule has 0 bridgehead atoms. The molecule has 0 radical (unpaired) electrons. The second-order valence-corrected chi connectivity index (χ2v) is 10.8. The molecule has 0 unspecified atom stereocenters. The van der Waals surface area contributed by atoms with E-state index < -0.39 is 18.0 Å². The number of benzene rings is 2. The Morgan fingerprint density at radius 1 is 1.17 bits per heavy atom. The van der Waals surface area contributed by atoms with Gasteiger partial charge < -0.3 is 35.0 Å². The quantitative estimate of drug-likeness (QED) is 0.294. The number of urea groups is 1. The van der Waals surface area contributed by atoms with Crippen LogP contribution in [0.5, 0.6) is 5.75 Å². The highest BCUT2D eigenvalue weighted by atomic mass is 16.5. The average Bonchev–Trinajstić information content (AvgIpc) is 3.27. The third kappa shape index (κ3) is 7.07. The first-order valence-electron chi connectivity index (χ1n) is 13.7. The van der Waals surface area contributed by atoms with E-state index in [1.165, 1.54) is 0 Å². The fourth-order valence-corrected chi connectivity index (χ4v) is 4.89. The Kier molecular flexibility index (Phi) is 9.48. The Balaban J connectivity index is 1.55. The van der Waals surface area contributed by atoms with Crippen LogP contribution in [0.2, 0.25) is 0 Å². The molecule has 2 aromatic carbocycles. The number of anilines is 2. The maximum atomic E-state index is 13.7. The molecule has 42 heavy (non-hydrogen) atoms. The normalized spacial score (nSPS) is 17.6. The zero-order valence-electron chi connectivity index (χ0n) is 24.4. The summed E-state index contributed by atoms with van der Waals surface area (Å²) < 4.78 is 11.5. The largest absolute Gasteiger partial charge is 0.488 e. The summed E-state index contributed by atoms with van der Waals surface area (Å²) in [7, 11) is 1.95. The van der Waals surface area contributed by atoms with Gasteiger partial charge in [-0.1, -0.05) is 24.2 Å². The molecule has 224 valence electrons. The van der Waals surface area contributed by atoms with E-state index in [4.69, 9.17) is 14.4 Å². The molecule has 3 amide bonds. The van der Waals surface area contributed by atoms with Crippen LogP contribution >= 0.6 is 0 Å². The molecule has 2 heterocycles. The number of carbonyl (C=O) groups excluding carboxylic acids is 2. The van der Waals surface area contributed by atoms with Crippen molar-refractivity contribution >= 4 is 29.3 Å². The Labute approximate surface area is 244 Å². The highest BCUT2D eigenvalue weighted by Crippen LogP contribution is 2.31. The number of likely N-dealkylation sites (N-methyl/N-ethyl adjacent to an activating group) is 1. The fraction of sp³-hybridized carbons (Fsp3) is 0.400. The van der Waals surface area contributed by atoms with Gasteiger partial charge in [-0.25, -0.2) is 9.59 Å². The van der Waals surface area contributed by atoms with Crippen molar-refractivity contribution in [1.82, 2.24) is 15.0 Å². The number of ether oxygens (including phenoxy) is 1. The molecule has 1 aromatic heterocycles. The predicted molar refractivity (Wildman–Crippen MR) is 156 cm³/mol. The Hall–Kier alpha value is -4.42. The number of hydrogen-bond donors (Lipinski definition) is 4. The van der Waals surface area contributed by atoms with Crippen LogP contribution in [0.1, 0.15) is 51.6 Å². The summed E-state index contributed by atoms with van der Waals surface area (Å²) in [6, 6.07) is 10.7. The second-order valence-electron chi connectivity index (χ2n) is 10.8. The lowest BCUT2D eigenvalue weighted by Gasteiger charge is -2.38. The van der Waals surface area contributed by atoms with Crippen LogP contribution in [0.25, 0.3) is 0 Å². The van der Waals surface area contributed by atoms with Gasteiger partial charge >= 0.3 is 12.0 Å². The number of amides is 3. The summed E-state index contributed by atoms with van der Waals surface area (Å²) in [5, 5.41) is 28.4. The van der Waals surface area contributed by atoms with Crippen LogP contribution in [0.15, 0.2) is 47.0 Å². The molecule has 3 aromatic rings. The molecular formula is C30H37N5O7. The number of nitrogens with zero attached hydrogens (tertiary/aromatic N) is 3. The van der Waals surface area contributed by atoms with Gasteiger partial charge in [-0.2, -0.15) is 0 Å². The van der Waals surface area contributed by atoms with Crippen molar-refractivity contribution in [2.75, 3.05) is 37.4 Å². The van der Waals surface area contributed by atoms with Crippen LogP contribution in [-0.2, 0) is 6.54 Å². The number of fused-ring (bicyclic) bond motifs is 1. The van der Waals surface area contributed by atoms with Crippen LogP contribution in [0.4, 0.5) is 16.2 Å². The predicted octanol–water partition coefficient (Wildman–Crippen LogP) is 3.99. The van der Waals surface area contributed by atoms with Crippen molar-refractivity contribution in [3.63, 3.8) is 0 Å². The van der Waals surface area contributed by atoms with E-state index in [2.05, 4.69) is 20.7 Å². The lowest BCUT2D eigenvalue weighted by molar-refractivity contribution is 0.0341. The van der Waals surface area contributed by atoms with Crippen molar-refractivity contribution in [2.45, 2.75) is 46.4 Å². The minimum atomic E-state index is -0.971. The molecule has 0 aliphatic carbocycles. The summed E-state index contributed by atoms with van der Waals surface area (Å²) in [6.07, 6.45) is -0.310. The summed E-state index contributed by atoms with van der Waals surface area (Å²) in [5.41, 5.74) is 2.86. The van der Waals surface area contributed by atoms with Gasteiger partial charge in [-0.15, -0.1) is 0 Å². The van der Waals surface area contributed by atoms with Gasteiger partial charge in [0.1, 0.15) is 23.2 Å². The van der Waals surface area contributed by atoms with Gasteiger partial charge in [0.2, 0.25) is 0 Å². The molecule has 0 saturated heterocycles. The number of hydrogen-bond acceptors (Lipinski definition) is 8. The lowest BCUT2D eigenvalue weighted by atomic mass is 9.99. The molecule has 1 aliphatic rings. The third-order valence-corrected chi connectivity index (χ3v) is 7.34. The van der Waals surface area contributed by atoms with Gasteiger partial charge in [0.15, 0.2) is 5.76 Å². The number of aromatic nitrogens is 1. The summed E-state index contributed by atoms with van der Waals surface area (Å²) >= 11 is 0.